The lowest BCUT2D eigenvalue weighted by Gasteiger charge is -2.02. The van der Waals surface area contributed by atoms with Gasteiger partial charge in [-0.2, -0.15) is 11.8 Å². The van der Waals surface area contributed by atoms with Crippen LogP contribution in [0, 0.1) is 0 Å². The third-order valence-corrected chi connectivity index (χ3v) is 1.83. The summed E-state index contributed by atoms with van der Waals surface area (Å²) in [5, 5.41) is 0. The third-order valence-electron chi connectivity index (χ3n) is 1.83. The van der Waals surface area contributed by atoms with Crippen LogP contribution >= 0.6 is 11.8 Å². The van der Waals surface area contributed by atoms with Gasteiger partial charge in [-0.3, -0.25) is 19.2 Å². The minimum Gasteiger partial charge on any atom is -0.469 e. The number of ketones is 1. The van der Waals surface area contributed by atoms with Crippen LogP contribution in [0.15, 0.2) is 0 Å². The van der Waals surface area contributed by atoms with E-state index in [9.17, 15) is 24.0 Å². The molecule has 0 heterocycles. The second-order valence-corrected chi connectivity index (χ2v) is 18.8. The largest absolute Gasteiger partial charge is 0.469 e. The molecule has 0 radical (unpaired) electrons. The molecule has 0 aromatic carbocycles. The zero-order chi connectivity index (χ0) is 39.5. The maximum atomic E-state index is 10.1. The number of nitrogens with zero attached hydrogens (tertiary/aromatic N) is 3. The molecule has 278 valence electrons. The molecule has 0 fully saturated rings. The molecule has 2 amide bonds. The third kappa shape index (κ3) is 663. The second-order valence-electron chi connectivity index (χ2n) is 12.0. The average Bonchev–Trinajstić information content (AvgIpc) is 2.79. The SMILES string of the molecule is CB(C)C.CC(=O)N(C)C.CC(=O)N(C)C.CC(C)=O.CN(C)C.COC.COC(C)=O.COC(C)=O.CSC.C[Si](C)(C)C. The molecule has 0 aromatic rings. The van der Waals surface area contributed by atoms with E-state index in [1.54, 1.807) is 54.2 Å². The maximum absolute atomic E-state index is 10.1. The van der Waals surface area contributed by atoms with Crippen molar-refractivity contribution >= 4 is 56.1 Å². The number of ether oxygens (including phenoxy) is 3. The Bertz CT molecular complexity index is 565. The second kappa shape index (κ2) is 57.7. The molecule has 0 atom stereocenters. The van der Waals surface area contributed by atoms with Gasteiger partial charge in [-0.1, -0.05) is 46.7 Å². The lowest BCUT2D eigenvalue weighted by molar-refractivity contribution is -0.138. The van der Waals surface area contributed by atoms with Crippen molar-refractivity contribution < 1.29 is 38.2 Å². The molecule has 0 unspecified atom stereocenters. The van der Waals surface area contributed by atoms with Crippen molar-refractivity contribution in [1.29, 1.82) is 0 Å². The molecule has 0 aliphatic heterocycles. The van der Waals surface area contributed by atoms with Crippen molar-refractivity contribution in [3.8, 4) is 0 Å². The molecule has 11 nitrogen and oxygen atoms in total. The quantitative estimate of drug-likeness (QED) is 0.225. The summed E-state index contributed by atoms with van der Waals surface area (Å²) in [7, 11) is 18.2. The summed E-state index contributed by atoms with van der Waals surface area (Å²) >= 11 is 1.75. The molecule has 45 heavy (non-hydrogen) atoms. The fourth-order valence-electron chi connectivity index (χ4n) is 0. The van der Waals surface area contributed by atoms with Crippen molar-refractivity contribution in [1.82, 2.24) is 14.7 Å². The van der Waals surface area contributed by atoms with Crippen molar-refractivity contribution in [3.05, 3.63) is 0 Å². The number of thioether (sulfide) groups is 1. The predicted molar refractivity (Wildman–Crippen MR) is 205 cm³/mol. The van der Waals surface area contributed by atoms with Gasteiger partial charge in [-0.25, -0.2) is 0 Å². The molecule has 0 spiro atoms. The van der Waals surface area contributed by atoms with Crippen LogP contribution in [0.4, 0.5) is 0 Å². The number of carbonyl (C=O) groups is 5. The van der Waals surface area contributed by atoms with Gasteiger partial charge in [-0.15, -0.1) is 0 Å². The van der Waals surface area contributed by atoms with Gasteiger partial charge in [0.05, 0.1) is 14.2 Å². The van der Waals surface area contributed by atoms with Gasteiger partial charge in [0.15, 0.2) is 0 Å². The van der Waals surface area contributed by atoms with E-state index in [1.165, 1.54) is 65.6 Å². The van der Waals surface area contributed by atoms with Crippen molar-refractivity contribution in [3.63, 3.8) is 0 Å². The van der Waals surface area contributed by atoms with E-state index in [-0.39, 0.29) is 29.5 Å². The maximum Gasteiger partial charge on any atom is 0.302 e. The minimum absolute atomic E-state index is 0.0926. The van der Waals surface area contributed by atoms with Gasteiger partial charge >= 0.3 is 11.9 Å². The minimum atomic E-state index is -0.611. The number of methoxy groups -OCH3 is 3. The standard InChI is InChI=1S/2C4H9NO.C4H12Si.C3H9B.C3H9N.2C3H6O2.C3H6O.C2H6O.C2H6S/c2*1-4(6)5(2)3;1-5(2,3)4;2*1-4(2)3;2*1-3(4)5-2;1-3(2)4;2*1-3-2/h2*1-3H3;1-4H3;2*1-3H3;2*1-2H3;1-2H3;2*1-2H3. The van der Waals surface area contributed by atoms with Crippen LogP contribution in [0.5, 0.6) is 0 Å². The van der Waals surface area contributed by atoms with Gasteiger partial charge in [0, 0.05) is 78.2 Å². The lowest BCUT2D eigenvalue weighted by Crippen LogP contribution is -2.17. The summed E-state index contributed by atoms with van der Waals surface area (Å²) in [5.74, 6) is -0.139. The van der Waals surface area contributed by atoms with Crippen LogP contribution in [0.1, 0.15) is 41.5 Å². The topological polar surface area (TPSA) is 123 Å². The number of Topliss-reactive ketones (excluding diaryl/α,β-unsaturated/α-hetero) is 1. The Labute approximate surface area is 286 Å². The van der Waals surface area contributed by atoms with Crippen LogP contribution in [0.2, 0.25) is 46.7 Å². The Hall–Kier alpha value is -1.90. The number of hydrogen-bond acceptors (Lipinski definition) is 10. The summed E-state index contributed by atoms with van der Waals surface area (Å²) in [4.78, 5) is 53.8. The Balaban J connectivity index is -0.0000000381. The number of esters is 2. The van der Waals surface area contributed by atoms with E-state index in [0.717, 1.165) is 6.71 Å². The molecule has 0 bridgehead atoms. The summed E-state index contributed by atoms with van der Waals surface area (Å²) in [6, 6.07) is 0. The summed E-state index contributed by atoms with van der Waals surface area (Å²) < 4.78 is 12.5. The zero-order valence-corrected chi connectivity index (χ0v) is 36.4. The van der Waals surface area contributed by atoms with Crippen LogP contribution in [0.25, 0.3) is 0 Å². The molecular weight excluding hydrogens is 613 g/mol. The summed E-state index contributed by atoms with van der Waals surface area (Å²) in [6.07, 6.45) is 4.08. The highest BCUT2D eigenvalue weighted by molar-refractivity contribution is 7.97. The molecule has 0 saturated heterocycles. The van der Waals surface area contributed by atoms with Gasteiger partial charge in [0.1, 0.15) is 12.5 Å². The predicted octanol–water partition coefficient (Wildman–Crippen LogP) is 5.89. The van der Waals surface area contributed by atoms with Crippen LogP contribution < -0.4 is 0 Å². The highest BCUT2D eigenvalue weighted by Gasteiger charge is 1.99. The van der Waals surface area contributed by atoms with Crippen LogP contribution in [0.3, 0.4) is 0 Å². The average molecular weight is 692 g/mol. The monoisotopic (exact) mass is 692 g/mol. The fourth-order valence-corrected chi connectivity index (χ4v) is 0. The first-order chi connectivity index (χ1) is 19.9. The van der Waals surface area contributed by atoms with Crippen molar-refractivity contribution in [2.45, 2.75) is 88.2 Å². The smallest absolute Gasteiger partial charge is 0.302 e. The molecule has 0 aliphatic rings. The van der Waals surface area contributed by atoms with E-state index >= 15 is 0 Å². The highest BCUT2D eigenvalue weighted by atomic mass is 32.2. The molecule has 14 heteroatoms. The van der Waals surface area contributed by atoms with Gasteiger partial charge < -0.3 is 33.7 Å². The molecular formula is C31H78BN3O8SSi. The first-order valence-corrected chi connectivity index (χ1v) is 19.8. The first kappa shape index (κ1) is 69.7. The molecule has 0 N–H and O–H groups in total. The van der Waals surface area contributed by atoms with E-state index in [2.05, 4.69) is 60.9 Å². The Morgan fingerprint density at radius 2 is 0.600 bits per heavy atom. The summed E-state index contributed by atoms with van der Waals surface area (Å²) in [6.45, 7) is 25.5. The Kier molecular flexibility index (Phi) is 89.4. The van der Waals surface area contributed by atoms with Crippen molar-refractivity contribution in [2.75, 3.05) is 90.3 Å². The number of carbonyl (C=O) groups excluding carboxylic acids is 5. The van der Waals surface area contributed by atoms with E-state index in [4.69, 9.17) is 0 Å². The normalized spacial score (nSPS) is 7.71. The Morgan fingerprint density at radius 3 is 0.600 bits per heavy atom. The van der Waals surface area contributed by atoms with E-state index in [0.29, 0.717) is 0 Å². The van der Waals surface area contributed by atoms with Gasteiger partial charge in [0.2, 0.25) is 11.8 Å². The molecule has 0 rings (SSSR count). The van der Waals surface area contributed by atoms with E-state index < -0.39 is 8.07 Å². The number of amides is 2. The van der Waals surface area contributed by atoms with Crippen molar-refractivity contribution in [2.24, 2.45) is 0 Å². The highest BCUT2D eigenvalue weighted by Crippen LogP contribution is 1.94. The van der Waals surface area contributed by atoms with Crippen LogP contribution in [-0.4, -0.2) is 149 Å². The molecule has 0 aliphatic carbocycles. The fraction of sp³-hybridized carbons (Fsp3) is 0.839. The lowest BCUT2D eigenvalue weighted by atomic mass is 9.58. The Morgan fingerprint density at radius 1 is 0.556 bits per heavy atom. The zero-order valence-electron chi connectivity index (χ0n) is 34.6. The molecule has 0 aromatic heterocycles. The van der Waals surface area contributed by atoms with Crippen LogP contribution in [-0.2, 0) is 38.2 Å². The first-order valence-electron chi connectivity index (χ1n) is 14.2. The van der Waals surface area contributed by atoms with E-state index in [1.807, 2.05) is 38.6 Å². The molecule has 0 saturated carbocycles. The van der Waals surface area contributed by atoms with Gasteiger partial charge in [0.25, 0.3) is 0 Å². The number of hydrogen-bond donors (Lipinski definition) is 0. The summed E-state index contributed by atoms with van der Waals surface area (Å²) in [5.41, 5.74) is 0. The number of rotatable bonds is 0. The van der Waals surface area contributed by atoms with Gasteiger partial charge in [-0.05, 0) is 47.5 Å².